The molecule has 0 bridgehead atoms. The van der Waals surface area contributed by atoms with E-state index in [9.17, 15) is 0 Å². The monoisotopic (exact) mass is 101 g/mol. The van der Waals surface area contributed by atoms with Gasteiger partial charge in [0.25, 0.3) is 0 Å². The van der Waals surface area contributed by atoms with E-state index in [-0.39, 0.29) is 0 Å². The fourth-order valence-electron chi connectivity index (χ4n) is 0.195. The van der Waals surface area contributed by atoms with Crippen LogP contribution in [0.3, 0.4) is 0 Å². The second-order valence-electron chi connectivity index (χ2n) is 1.30. The predicted octanol–water partition coefficient (Wildman–Crippen LogP) is 1.06. The van der Waals surface area contributed by atoms with Crippen molar-refractivity contribution in [2.24, 2.45) is 0 Å². The van der Waals surface area contributed by atoms with Gasteiger partial charge in [0, 0.05) is 6.54 Å². The Morgan fingerprint density at radius 1 is 1.86 bits per heavy atom. The van der Waals surface area contributed by atoms with Crippen molar-refractivity contribution in [2.75, 3.05) is 6.54 Å². The third kappa shape index (κ3) is 5.50. The van der Waals surface area contributed by atoms with Gasteiger partial charge < -0.3 is 4.84 Å². The number of hydroxylamine groups is 1. The first kappa shape index (κ1) is 6.50. The highest BCUT2D eigenvalue weighted by Gasteiger charge is 1.76. The van der Waals surface area contributed by atoms with Crippen LogP contribution in [-0.4, -0.2) is 6.54 Å². The average Bonchev–Trinajstić information content (AvgIpc) is 1.61. The van der Waals surface area contributed by atoms with E-state index in [1.807, 2.05) is 6.92 Å². The molecule has 0 atom stereocenters. The van der Waals surface area contributed by atoms with Crippen LogP contribution in [0.5, 0.6) is 0 Å². The minimum absolute atomic E-state index is 0.696. The molecule has 0 saturated carbocycles. The number of hydrogen-bond acceptors (Lipinski definition) is 2. The minimum Gasteiger partial charge on any atom is -0.414 e. The third-order valence-electron chi connectivity index (χ3n) is 0.391. The van der Waals surface area contributed by atoms with Gasteiger partial charge in [-0.05, 0) is 13.8 Å². The molecule has 42 valence electrons. The molecule has 1 N–H and O–H groups in total. The second kappa shape index (κ2) is 3.68. The largest absolute Gasteiger partial charge is 0.414 e. The smallest absolute Gasteiger partial charge is 0.114 e. The Kier molecular flexibility index (Phi) is 3.42. The SMILES string of the molecule is C=C(C)ONCC. The lowest BCUT2D eigenvalue weighted by Gasteiger charge is -2.00. The molecule has 0 unspecified atom stereocenters. The van der Waals surface area contributed by atoms with Crippen LogP contribution < -0.4 is 5.48 Å². The summed E-state index contributed by atoms with van der Waals surface area (Å²) in [4.78, 5) is 4.75. The van der Waals surface area contributed by atoms with E-state index in [1.54, 1.807) is 6.92 Å². The van der Waals surface area contributed by atoms with Crippen LogP contribution in [0, 0.1) is 0 Å². The summed E-state index contributed by atoms with van der Waals surface area (Å²) >= 11 is 0. The van der Waals surface area contributed by atoms with E-state index in [0.29, 0.717) is 5.76 Å². The Bertz CT molecular complexity index is 61.1. The van der Waals surface area contributed by atoms with Gasteiger partial charge in [0.1, 0.15) is 5.76 Å². The lowest BCUT2D eigenvalue weighted by molar-refractivity contribution is 0.112. The molecule has 0 aromatic rings. The number of hydrogen-bond donors (Lipinski definition) is 1. The van der Waals surface area contributed by atoms with Crippen molar-refractivity contribution >= 4 is 0 Å². The van der Waals surface area contributed by atoms with Crippen LogP contribution in [-0.2, 0) is 4.84 Å². The van der Waals surface area contributed by atoms with Crippen molar-refractivity contribution in [3.63, 3.8) is 0 Å². The predicted molar refractivity (Wildman–Crippen MR) is 29.6 cm³/mol. The standard InChI is InChI=1S/C5H11NO/c1-4-6-7-5(2)3/h6H,2,4H2,1,3H3. The van der Waals surface area contributed by atoms with Crippen LogP contribution in [0.2, 0.25) is 0 Å². The molecular weight excluding hydrogens is 90.1 g/mol. The molecule has 0 fully saturated rings. The second-order valence-corrected chi connectivity index (χ2v) is 1.30. The van der Waals surface area contributed by atoms with Crippen LogP contribution in [0.1, 0.15) is 13.8 Å². The molecule has 0 radical (unpaired) electrons. The fraction of sp³-hybridized carbons (Fsp3) is 0.600. The zero-order chi connectivity index (χ0) is 5.70. The first-order valence-corrected chi connectivity index (χ1v) is 2.32. The highest BCUT2D eigenvalue weighted by atomic mass is 16.6. The Labute approximate surface area is 44.1 Å². The third-order valence-corrected chi connectivity index (χ3v) is 0.391. The maximum absolute atomic E-state index is 4.75. The molecule has 0 aromatic heterocycles. The van der Waals surface area contributed by atoms with Gasteiger partial charge in [-0.15, -0.1) is 0 Å². The molecule has 2 nitrogen and oxygen atoms in total. The molecule has 2 heteroatoms. The Balaban J connectivity index is 2.82. The van der Waals surface area contributed by atoms with Gasteiger partial charge in [0.2, 0.25) is 0 Å². The molecular formula is C5H11NO. The topological polar surface area (TPSA) is 21.3 Å². The zero-order valence-electron chi connectivity index (χ0n) is 4.82. The molecule has 0 heterocycles. The van der Waals surface area contributed by atoms with Gasteiger partial charge in [-0.2, -0.15) is 5.48 Å². The van der Waals surface area contributed by atoms with Crippen molar-refractivity contribution in [3.05, 3.63) is 12.3 Å². The van der Waals surface area contributed by atoms with Crippen molar-refractivity contribution in [1.82, 2.24) is 5.48 Å². The fourth-order valence-corrected chi connectivity index (χ4v) is 0.195. The van der Waals surface area contributed by atoms with Crippen molar-refractivity contribution in [1.29, 1.82) is 0 Å². The quantitative estimate of drug-likeness (QED) is 0.424. The van der Waals surface area contributed by atoms with Crippen molar-refractivity contribution < 1.29 is 4.84 Å². The van der Waals surface area contributed by atoms with Gasteiger partial charge in [-0.3, -0.25) is 0 Å². The van der Waals surface area contributed by atoms with Gasteiger partial charge in [0.15, 0.2) is 0 Å². The summed E-state index contributed by atoms with van der Waals surface area (Å²) in [6.07, 6.45) is 0. The molecule has 0 rings (SSSR count). The van der Waals surface area contributed by atoms with Gasteiger partial charge in [-0.1, -0.05) is 6.58 Å². The molecule has 0 amide bonds. The lowest BCUT2D eigenvalue weighted by Crippen LogP contribution is -2.10. The summed E-state index contributed by atoms with van der Waals surface area (Å²) in [5, 5.41) is 0. The van der Waals surface area contributed by atoms with E-state index in [2.05, 4.69) is 12.1 Å². The van der Waals surface area contributed by atoms with E-state index < -0.39 is 0 Å². The Morgan fingerprint density at radius 2 is 2.43 bits per heavy atom. The Hall–Kier alpha value is -0.500. The molecule has 0 aliphatic heterocycles. The molecule has 0 aliphatic carbocycles. The highest BCUT2D eigenvalue weighted by molar-refractivity contribution is 4.71. The first-order valence-electron chi connectivity index (χ1n) is 2.32. The average molecular weight is 101 g/mol. The number of allylic oxidation sites excluding steroid dienone is 1. The summed E-state index contributed by atoms with van der Waals surface area (Å²) in [5.41, 5.74) is 2.65. The maximum Gasteiger partial charge on any atom is 0.114 e. The van der Waals surface area contributed by atoms with Crippen LogP contribution >= 0.6 is 0 Å². The van der Waals surface area contributed by atoms with Gasteiger partial charge in [0.05, 0.1) is 0 Å². The summed E-state index contributed by atoms with van der Waals surface area (Å²) in [6, 6.07) is 0. The van der Waals surface area contributed by atoms with E-state index in [4.69, 9.17) is 4.84 Å². The van der Waals surface area contributed by atoms with E-state index >= 15 is 0 Å². The molecule has 0 saturated heterocycles. The molecule has 7 heavy (non-hydrogen) atoms. The summed E-state index contributed by atoms with van der Waals surface area (Å²) < 4.78 is 0. The van der Waals surface area contributed by atoms with Crippen molar-refractivity contribution in [2.45, 2.75) is 13.8 Å². The van der Waals surface area contributed by atoms with Gasteiger partial charge in [-0.25, -0.2) is 0 Å². The highest BCUT2D eigenvalue weighted by Crippen LogP contribution is 1.81. The summed E-state index contributed by atoms with van der Waals surface area (Å²) in [7, 11) is 0. The summed E-state index contributed by atoms with van der Waals surface area (Å²) in [5.74, 6) is 0.696. The molecule has 0 aliphatic rings. The first-order chi connectivity index (χ1) is 3.27. The molecule has 0 aromatic carbocycles. The normalized spacial score (nSPS) is 8.29. The lowest BCUT2D eigenvalue weighted by atomic mass is 10.7. The van der Waals surface area contributed by atoms with Crippen molar-refractivity contribution in [3.8, 4) is 0 Å². The van der Waals surface area contributed by atoms with E-state index in [0.717, 1.165) is 6.54 Å². The zero-order valence-corrected chi connectivity index (χ0v) is 4.82. The summed E-state index contributed by atoms with van der Waals surface area (Å²) in [6.45, 7) is 8.08. The number of rotatable bonds is 3. The van der Waals surface area contributed by atoms with E-state index in [1.165, 1.54) is 0 Å². The van der Waals surface area contributed by atoms with Gasteiger partial charge >= 0.3 is 0 Å². The molecule has 0 spiro atoms. The van der Waals surface area contributed by atoms with Crippen LogP contribution in [0.25, 0.3) is 0 Å². The van der Waals surface area contributed by atoms with Crippen LogP contribution in [0.4, 0.5) is 0 Å². The number of nitrogens with one attached hydrogen (secondary N) is 1. The minimum atomic E-state index is 0.696. The van der Waals surface area contributed by atoms with Crippen LogP contribution in [0.15, 0.2) is 12.3 Å². The Morgan fingerprint density at radius 3 is 2.57 bits per heavy atom. The maximum atomic E-state index is 4.75.